The maximum atomic E-state index is 12.4. The Morgan fingerprint density at radius 2 is 1.89 bits per heavy atom. The Bertz CT molecular complexity index is 829. The molecule has 148 valence electrons. The summed E-state index contributed by atoms with van der Waals surface area (Å²) in [6.07, 6.45) is 3.23. The molecule has 4 rings (SSSR count). The number of nitrogens with zero attached hydrogens (tertiary/aromatic N) is 1. The summed E-state index contributed by atoms with van der Waals surface area (Å²) in [4.78, 5) is 26.6. The Morgan fingerprint density at radius 3 is 2.64 bits per heavy atom. The Morgan fingerprint density at radius 1 is 1.11 bits per heavy atom. The van der Waals surface area contributed by atoms with Crippen LogP contribution in [0.3, 0.4) is 0 Å². The molecule has 2 amide bonds. The van der Waals surface area contributed by atoms with Crippen LogP contribution in [0.15, 0.2) is 35.0 Å². The van der Waals surface area contributed by atoms with Gasteiger partial charge in [0, 0.05) is 36.6 Å². The number of hydrogen-bond acceptors (Lipinski definition) is 5. The molecular weight excluding hydrogens is 376 g/mol. The molecule has 0 saturated carbocycles. The van der Waals surface area contributed by atoms with Crippen LogP contribution in [-0.4, -0.2) is 43.0 Å². The van der Waals surface area contributed by atoms with Gasteiger partial charge >= 0.3 is 0 Å². The van der Waals surface area contributed by atoms with Gasteiger partial charge in [-0.2, -0.15) is 11.3 Å². The molecule has 0 bridgehead atoms. The lowest BCUT2D eigenvalue weighted by molar-refractivity contribution is -0.116. The van der Waals surface area contributed by atoms with Crippen molar-refractivity contribution in [3.8, 4) is 11.5 Å². The fourth-order valence-electron chi connectivity index (χ4n) is 3.67. The Hall–Kier alpha value is -2.54. The molecule has 3 heterocycles. The van der Waals surface area contributed by atoms with Gasteiger partial charge in [-0.05, 0) is 48.8 Å². The Labute approximate surface area is 168 Å². The van der Waals surface area contributed by atoms with Crippen molar-refractivity contribution in [2.45, 2.75) is 25.7 Å². The van der Waals surface area contributed by atoms with Crippen molar-refractivity contribution in [1.82, 2.24) is 4.90 Å². The standard InChI is InChI=1S/C21H24N2O4S/c24-20(22-17-2-3-18-19(13-17)27-11-10-26-18)4-1-15-5-8-23(9-6-15)21(25)16-7-12-28-14-16/h2-3,7,12-15H,1,4-6,8-11H2,(H,22,24). The summed E-state index contributed by atoms with van der Waals surface area (Å²) in [5, 5.41) is 6.77. The molecular formula is C21H24N2O4S. The van der Waals surface area contributed by atoms with E-state index in [9.17, 15) is 9.59 Å². The number of anilines is 1. The highest BCUT2D eigenvalue weighted by Crippen LogP contribution is 2.32. The molecule has 0 atom stereocenters. The number of amides is 2. The minimum atomic E-state index is 0.00783. The number of fused-ring (bicyclic) bond motifs is 1. The second-order valence-electron chi connectivity index (χ2n) is 7.19. The fourth-order valence-corrected chi connectivity index (χ4v) is 4.30. The van der Waals surface area contributed by atoms with E-state index in [-0.39, 0.29) is 11.8 Å². The molecule has 7 heteroatoms. The summed E-state index contributed by atoms with van der Waals surface area (Å²) in [5.41, 5.74) is 1.51. The number of benzene rings is 1. The van der Waals surface area contributed by atoms with Gasteiger partial charge < -0.3 is 19.7 Å². The van der Waals surface area contributed by atoms with Gasteiger partial charge in [-0.25, -0.2) is 0 Å². The summed E-state index contributed by atoms with van der Waals surface area (Å²) in [6, 6.07) is 7.34. The second kappa shape index (κ2) is 8.65. The van der Waals surface area contributed by atoms with Crippen LogP contribution in [0.5, 0.6) is 11.5 Å². The number of carbonyl (C=O) groups is 2. The molecule has 0 aliphatic carbocycles. The quantitative estimate of drug-likeness (QED) is 0.829. The summed E-state index contributed by atoms with van der Waals surface area (Å²) in [5.74, 6) is 2.00. The first-order chi connectivity index (χ1) is 13.7. The first-order valence-electron chi connectivity index (χ1n) is 9.70. The molecule has 1 saturated heterocycles. The minimum absolute atomic E-state index is 0.00783. The molecule has 28 heavy (non-hydrogen) atoms. The van der Waals surface area contributed by atoms with Crippen molar-refractivity contribution in [3.05, 3.63) is 40.6 Å². The van der Waals surface area contributed by atoms with Crippen LogP contribution in [0, 0.1) is 5.92 Å². The number of ether oxygens (including phenoxy) is 2. The van der Waals surface area contributed by atoms with E-state index in [0.29, 0.717) is 37.1 Å². The second-order valence-corrected chi connectivity index (χ2v) is 7.97. The fraction of sp³-hybridized carbons (Fsp3) is 0.429. The highest BCUT2D eigenvalue weighted by Gasteiger charge is 2.24. The van der Waals surface area contributed by atoms with Crippen LogP contribution in [0.1, 0.15) is 36.0 Å². The zero-order valence-electron chi connectivity index (χ0n) is 15.7. The molecule has 6 nitrogen and oxygen atoms in total. The predicted molar refractivity (Wildman–Crippen MR) is 108 cm³/mol. The number of hydrogen-bond donors (Lipinski definition) is 1. The van der Waals surface area contributed by atoms with Crippen LogP contribution < -0.4 is 14.8 Å². The van der Waals surface area contributed by atoms with Gasteiger partial charge in [0.15, 0.2) is 11.5 Å². The van der Waals surface area contributed by atoms with Crippen molar-refractivity contribution in [1.29, 1.82) is 0 Å². The summed E-state index contributed by atoms with van der Waals surface area (Å²) >= 11 is 1.55. The van der Waals surface area contributed by atoms with Gasteiger partial charge in [0.1, 0.15) is 13.2 Å². The number of likely N-dealkylation sites (tertiary alicyclic amines) is 1. The third kappa shape index (κ3) is 4.47. The van der Waals surface area contributed by atoms with Crippen molar-refractivity contribution in [3.63, 3.8) is 0 Å². The Balaban J connectivity index is 1.21. The van der Waals surface area contributed by atoms with E-state index in [4.69, 9.17) is 9.47 Å². The van der Waals surface area contributed by atoms with Crippen LogP contribution in [0.25, 0.3) is 0 Å². The lowest BCUT2D eigenvalue weighted by atomic mass is 9.92. The number of thiophene rings is 1. The molecule has 1 N–H and O–H groups in total. The molecule has 0 unspecified atom stereocenters. The average molecular weight is 401 g/mol. The molecule has 1 fully saturated rings. The zero-order valence-corrected chi connectivity index (χ0v) is 16.5. The summed E-state index contributed by atoms with van der Waals surface area (Å²) in [6.45, 7) is 2.61. The van der Waals surface area contributed by atoms with E-state index in [1.54, 1.807) is 17.4 Å². The van der Waals surface area contributed by atoms with E-state index < -0.39 is 0 Å². The normalized spacial score (nSPS) is 16.6. The van der Waals surface area contributed by atoms with Crippen molar-refractivity contribution < 1.29 is 19.1 Å². The van der Waals surface area contributed by atoms with Gasteiger partial charge in [-0.3, -0.25) is 9.59 Å². The molecule has 2 aliphatic heterocycles. The highest BCUT2D eigenvalue weighted by atomic mass is 32.1. The van der Waals surface area contributed by atoms with Gasteiger partial charge in [0.25, 0.3) is 5.91 Å². The van der Waals surface area contributed by atoms with Gasteiger partial charge in [0.2, 0.25) is 5.91 Å². The Kier molecular flexibility index (Phi) is 5.81. The van der Waals surface area contributed by atoms with Crippen LogP contribution >= 0.6 is 11.3 Å². The third-order valence-corrected chi connectivity index (χ3v) is 5.96. The summed E-state index contributed by atoms with van der Waals surface area (Å²) in [7, 11) is 0. The SMILES string of the molecule is O=C(CCC1CCN(C(=O)c2ccsc2)CC1)Nc1ccc2c(c1)OCCO2. The van der Waals surface area contributed by atoms with Crippen LogP contribution in [0.4, 0.5) is 5.69 Å². The first-order valence-corrected chi connectivity index (χ1v) is 10.6. The molecule has 1 aromatic heterocycles. The first kappa shape index (κ1) is 18.8. The van der Waals surface area contributed by atoms with E-state index >= 15 is 0 Å². The van der Waals surface area contributed by atoms with Crippen molar-refractivity contribution >= 4 is 28.8 Å². The number of piperidine rings is 1. The highest BCUT2D eigenvalue weighted by molar-refractivity contribution is 7.08. The van der Waals surface area contributed by atoms with E-state index in [2.05, 4.69) is 5.32 Å². The van der Waals surface area contributed by atoms with E-state index in [1.165, 1.54) is 0 Å². The monoisotopic (exact) mass is 400 g/mol. The molecule has 0 radical (unpaired) electrons. The largest absolute Gasteiger partial charge is 0.486 e. The van der Waals surface area contributed by atoms with E-state index in [1.807, 2.05) is 33.9 Å². The average Bonchev–Trinajstić information content (AvgIpc) is 3.27. The van der Waals surface area contributed by atoms with Crippen molar-refractivity contribution in [2.24, 2.45) is 5.92 Å². The molecule has 2 aromatic rings. The van der Waals surface area contributed by atoms with Crippen LogP contribution in [0.2, 0.25) is 0 Å². The third-order valence-electron chi connectivity index (χ3n) is 5.28. The van der Waals surface area contributed by atoms with Crippen molar-refractivity contribution in [2.75, 3.05) is 31.6 Å². The van der Waals surface area contributed by atoms with E-state index in [0.717, 1.165) is 43.6 Å². The molecule has 0 spiro atoms. The van der Waals surface area contributed by atoms with Gasteiger partial charge in [-0.1, -0.05) is 0 Å². The zero-order chi connectivity index (χ0) is 19.3. The maximum Gasteiger partial charge on any atom is 0.254 e. The number of carbonyl (C=O) groups excluding carboxylic acids is 2. The smallest absolute Gasteiger partial charge is 0.254 e. The molecule has 2 aliphatic rings. The lowest BCUT2D eigenvalue weighted by Crippen LogP contribution is -2.38. The predicted octanol–water partition coefficient (Wildman–Crippen LogP) is 3.79. The van der Waals surface area contributed by atoms with Gasteiger partial charge in [0.05, 0.1) is 5.56 Å². The maximum absolute atomic E-state index is 12.4. The molecule has 1 aromatic carbocycles. The lowest BCUT2D eigenvalue weighted by Gasteiger charge is -2.31. The van der Waals surface area contributed by atoms with Crippen LogP contribution in [-0.2, 0) is 4.79 Å². The summed E-state index contributed by atoms with van der Waals surface area (Å²) < 4.78 is 11.0. The van der Waals surface area contributed by atoms with Gasteiger partial charge in [-0.15, -0.1) is 0 Å². The topological polar surface area (TPSA) is 67.9 Å². The number of nitrogens with one attached hydrogen (secondary N) is 1. The minimum Gasteiger partial charge on any atom is -0.486 e. The number of rotatable bonds is 5.